The Hall–Kier alpha value is -1.59. The Balaban J connectivity index is 4.25. The van der Waals surface area contributed by atoms with E-state index in [1.807, 2.05) is 0 Å². The van der Waals surface area contributed by atoms with Crippen molar-refractivity contribution in [2.75, 3.05) is 13.2 Å². The highest BCUT2D eigenvalue weighted by Crippen LogP contribution is 2.19. The summed E-state index contributed by atoms with van der Waals surface area (Å²) < 4.78 is 16.9. The lowest BCUT2D eigenvalue weighted by atomic mass is 9.99. The first-order valence-electron chi connectivity index (χ1n) is 29.9. The molecule has 0 saturated carbocycles. The quantitative estimate of drug-likeness (QED) is 0.0343. The zero-order valence-electron chi connectivity index (χ0n) is 45.2. The molecule has 0 rings (SSSR count). The zero-order valence-corrected chi connectivity index (χ0v) is 45.2. The number of hydrogen-bond acceptors (Lipinski definition) is 6. The summed E-state index contributed by atoms with van der Waals surface area (Å²) >= 11 is 0. The molecule has 6 heteroatoms. The van der Waals surface area contributed by atoms with E-state index >= 15 is 0 Å². The zero-order chi connectivity index (χ0) is 48.1. The molecule has 1 unspecified atom stereocenters. The van der Waals surface area contributed by atoms with Gasteiger partial charge in [-0.05, 0) is 25.2 Å². The van der Waals surface area contributed by atoms with Gasteiger partial charge in [-0.3, -0.25) is 14.4 Å². The SMILES string of the molecule is CCCCCCCCCCCCCCCCCCCCCC(=O)O[C@H](COC(=O)CCCCCCCCCCCCC)COC(=O)CCCCCCCCCCCCCCCCC(C)CC. The van der Waals surface area contributed by atoms with Gasteiger partial charge in [-0.2, -0.15) is 0 Å². The van der Waals surface area contributed by atoms with Crippen LogP contribution in [0.1, 0.15) is 342 Å². The van der Waals surface area contributed by atoms with Crippen LogP contribution in [0.3, 0.4) is 0 Å². The van der Waals surface area contributed by atoms with E-state index in [0.29, 0.717) is 19.3 Å². The Morgan fingerprint density at radius 3 is 0.788 bits per heavy atom. The van der Waals surface area contributed by atoms with Gasteiger partial charge in [0.2, 0.25) is 0 Å². The third-order valence-corrected chi connectivity index (χ3v) is 14.2. The Kier molecular flexibility index (Phi) is 53.0. The van der Waals surface area contributed by atoms with E-state index in [1.54, 1.807) is 0 Å². The summed E-state index contributed by atoms with van der Waals surface area (Å²) in [7, 11) is 0. The molecule has 0 aromatic rings. The second kappa shape index (κ2) is 54.4. The van der Waals surface area contributed by atoms with Gasteiger partial charge in [-0.15, -0.1) is 0 Å². The van der Waals surface area contributed by atoms with Crippen molar-refractivity contribution in [1.29, 1.82) is 0 Å². The van der Waals surface area contributed by atoms with Crippen LogP contribution in [0.2, 0.25) is 0 Å². The van der Waals surface area contributed by atoms with Gasteiger partial charge < -0.3 is 14.2 Å². The largest absolute Gasteiger partial charge is 0.462 e. The molecule has 66 heavy (non-hydrogen) atoms. The Bertz CT molecular complexity index is 998. The molecular weight excluding hydrogens is 817 g/mol. The summed E-state index contributed by atoms with van der Waals surface area (Å²) in [4.78, 5) is 38.1. The lowest BCUT2D eigenvalue weighted by Gasteiger charge is -2.18. The number of ether oxygens (including phenoxy) is 3. The molecule has 2 atom stereocenters. The van der Waals surface area contributed by atoms with Crippen LogP contribution in [-0.4, -0.2) is 37.2 Å². The molecule has 0 aliphatic heterocycles. The summed E-state index contributed by atoms with van der Waals surface area (Å²) in [6.07, 6.45) is 59.5. The fourth-order valence-electron chi connectivity index (χ4n) is 9.25. The Morgan fingerprint density at radius 1 is 0.303 bits per heavy atom. The molecule has 0 bridgehead atoms. The van der Waals surface area contributed by atoms with E-state index in [0.717, 1.165) is 63.7 Å². The average Bonchev–Trinajstić information content (AvgIpc) is 3.32. The standard InChI is InChI=1S/C60H116O6/c1-5-8-10-12-14-16-18-19-20-21-22-23-24-29-33-37-41-45-49-53-60(63)66-57(54-64-58(61)51-47-43-39-35-30-17-15-13-11-9-6-2)55-65-59(62)52-48-44-40-36-32-28-26-25-27-31-34-38-42-46-50-56(4)7-3/h56-57H,5-55H2,1-4H3/t56?,57-/m1/s1. The summed E-state index contributed by atoms with van der Waals surface area (Å²) in [5.41, 5.74) is 0. The van der Waals surface area contributed by atoms with Crippen molar-refractivity contribution < 1.29 is 28.6 Å². The van der Waals surface area contributed by atoms with Crippen LogP contribution in [-0.2, 0) is 28.6 Å². The predicted molar refractivity (Wildman–Crippen MR) is 284 cm³/mol. The summed E-state index contributed by atoms with van der Waals surface area (Å²) in [5.74, 6) is 0.0614. The predicted octanol–water partition coefficient (Wildman–Crippen LogP) is 19.8. The number of hydrogen-bond donors (Lipinski definition) is 0. The summed E-state index contributed by atoms with van der Waals surface area (Å²) in [5, 5.41) is 0. The minimum absolute atomic E-state index is 0.0618. The minimum atomic E-state index is -0.762. The van der Waals surface area contributed by atoms with E-state index in [1.165, 1.54) is 238 Å². The number of esters is 3. The van der Waals surface area contributed by atoms with Gasteiger partial charge in [0, 0.05) is 19.3 Å². The van der Waals surface area contributed by atoms with Gasteiger partial charge in [-0.1, -0.05) is 304 Å². The van der Waals surface area contributed by atoms with Crippen LogP contribution in [0.15, 0.2) is 0 Å². The minimum Gasteiger partial charge on any atom is -0.462 e. The second-order valence-electron chi connectivity index (χ2n) is 20.9. The molecule has 0 spiro atoms. The Labute approximate surface area is 412 Å². The fraction of sp³-hybridized carbons (Fsp3) is 0.950. The fourth-order valence-corrected chi connectivity index (χ4v) is 9.25. The molecule has 0 aromatic heterocycles. The lowest BCUT2D eigenvalue weighted by molar-refractivity contribution is -0.167. The van der Waals surface area contributed by atoms with E-state index in [9.17, 15) is 14.4 Å². The summed E-state index contributed by atoms with van der Waals surface area (Å²) in [6, 6.07) is 0. The van der Waals surface area contributed by atoms with Gasteiger partial charge in [0.15, 0.2) is 6.10 Å². The van der Waals surface area contributed by atoms with Gasteiger partial charge in [0.05, 0.1) is 0 Å². The topological polar surface area (TPSA) is 78.9 Å². The first kappa shape index (κ1) is 64.4. The molecule has 0 amide bonds. The molecule has 0 saturated heterocycles. The highest BCUT2D eigenvalue weighted by Gasteiger charge is 2.19. The molecule has 0 aliphatic carbocycles. The Morgan fingerprint density at radius 2 is 0.530 bits per heavy atom. The van der Waals surface area contributed by atoms with E-state index in [4.69, 9.17) is 14.2 Å². The van der Waals surface area contributed by atoms with Crippen LogP contribution in [0, 0.1) is 5.92 Å². The van der Waals surface area contributed by atoms with Crippen molar-refractivity contribution in [2.24, 2.45) is 5.92 Å². The normalized spacial score (nSPS) is 12.4. The maximum atomic E-state index is 12.9. The summed E-state index contributed by atoms with van der Waals surface area (Å²) in [6.45, 7) is 9.10. The molecule has 0 N–H and O–H groups in total. The first-order valence-corrected chi connectivity index (χ1v) is 29.9. The molecule has 6 nitrogen and oxygen atoms in total. The average molecular weight is 934 g/mol. The molecule has 0 aromatic carbocycles. The van der Waals surface area contributed by atoms with E-state index in [-0.39, 0.29) is 31.1 Å². The molecule has 0 radical (unpaired) electrons. The molecule has 0 aliphatic rings. The maximum Gasteiger partial charge on any atom is 0.306 e. The number of unbranched alkanes of at least 4 members (excludes halogenated alkanes) is 41. The molecule has 0 heterocycles. The maximum absolute atomic E-state index is 12.9. The van der Waals surface area contributed by atoms with Gasteiger partial charge in [0.1, 0.15) is 13.2 Å². The lowest BCUT2D eigenvalue weighted by Crippen LogP contribution is -2.30. The van der Waals surface area contributed by atoms with Crippen molar-refractivity contribution in [1.82, 2.24) is 0 Å². The van der Waals surface area contributed by atoms with Crippen molar-refractivity contribution in [3.63, 3.8) is 0 Å². The van der Waals surface area contributed by atoms with Crippen LogP contribution >= 0.6 is 0 Å². The van der Waals surface area contributed by atoms with Crippen molar-refractivity contribution >= 4 is 17.9 Å². The number of carbonyl (C=O) groups excluding carboxylic acids is 3. The van der Waals surface area contributed by atoms with E-state index in [2.05, 4.69) is 27.7 Å². The second-order valence-corrected chi connectivity index (χ2v) is 20.9. The molecule has 392 valence electrons. The van der Waals surface area contributed by atoms with Crippen LogP contribution < -0.4 is 0 Å². The monoisotopic (exact) mass is 933 g/mol. The van der Waals surface area contributed by atoms with Gasteiger partial charge in [0.25, 0.3) is 0 Å². The third-order valence-electron chi connectivity index (χ3n) is 14.2. The van der Waals surface area contributed by atoms with Crippen LogP contribution in [0.5, 0.6) is 0 Å². The smallest absolute Gasteiger partial charge is 0.306 e. The third kappa shape index (κ3) is 51.8. The number of carbonyl (C=O) groups is 3. The first-order chi connectivity index (χ1) is 32.4. The van der Waals surface area contributed by atoms with Gasteiger partial charge in [-0.25, -0.2) is 0 Å². The highest BCUT2D eigenvalue weighted by molar-refractivity contribution is 5.71. The van der Waals surface area contributed by atoms with Crippen LogP contribution in [0.4, 0.5) is 0 Å². The molecular formula is C60H116O6. The number of rotatable bonds is 55. The van der Waals surface area contributed by atoms with Crippen molar-refractivity contribution in [3.8, 4) is 0 Å². The van der Waals surface area contributed by atoms with Crippen molar-refractivity contribution in [3.05, 3.63) is 0 Å². The highest BCUT2D eigenvalue weighted by atomic mass is 16.6. The van der Waals surface area contributed by atoms with E-state index < -0.39 is 6.10 Å². The van der Waals surface area contributed by atoms with Crippen molar-refractivity contribution in [2.45, 2.75) is 348 Å². The molecule has 0 fully saturated rings. The van der Waals surface area contributed by atoms with Crippen LogP contribution in [0.25, 0.3) is 0 Å². The van der Waals surface area contributed by atoms with Gasteiger partial charge >= 0.3 is 17.9 Å².